The smallest absolute Gasteiger partial charge is 0.352 e. The number of piperazine rings is 1. The van der Waals surface area contributed by atoms with Gasteiger partial charge in [-0.1, -0.05) is 0 Å². The van der Waals surface area contributed by atoms with Crippen LogP contribution < -0.4 is 20.1 Å². The van der Waals surface area contributed by atoms with Gasteiger partial charge in [-0.15, -0.1) is 0 Å². The first-order chi connectivity index (χ1) is 15.4. The van der Waals surface area contributed by atoms with Crippen molar-refractivity contribution in [3.05, 3.63) is 58.3 Å². The van der Waals surface area contributed by atoms with Gasteiger partial charge in [0, 0.05) is 32.7 Å². The summed E-state index contributed by atoms with van der Waals surface area (Å²) in [4.78, 5) is 20.9. The minimum absolute atomic E-state index is 0.123. The van der Waals surface area contributed by atoms with Gasteiger partial charge < -0.3 is 19.3 Å². The van der Waals surface area contributed by atoms with Gasteiger partial charge in [0.2, 0.25) is 5.88 Å². The van der Waals surface area contributed by atoms with Gasteiger partial charge in [-0.2, -0.15) is 10.1 Å². The maximum absolute atomic E-state index is 14.5. The van der Waals surface area contributed by atoms with Crippen molar-refractivity contribution in [3.63, 3.8) is 0 Å². The Hall–Kier alpha value is -3.47. The van der Waals surface area contributed by atoms with Gasteiger partial charge in [0.05, 0.1) is 25.0 Å². The second-order valence-corrected chi connectivity index (χ2v) is 8.08. The Kier molecular flexibility index (Phi) is 5.04. The molecule has 32 heavy (non-hydrogen) atoms. The van der Waals surface area contributed by atoms with E-state index in [0.717, 1.165) is 37.6 Å². The van der Waals surface area contributed by atoms with Gasteiger partial charge in [-0.3, -0.25) is 9.25 Å². The Balaban J connectivity index is 1.32. The van der Waals surface area contributed by atoms with E-state index < -0.39 is 23.1 Å². The number of nitrogens with zero attached hydrogens (tertiary/aromatic N) is 6. The number of anilines is 1. The van der Waals surface area contributed by atoms with Gasteiger partial charge >= 0.3 is 5.69 Å². The summed E-state index contributed by atoms with van der Waals surface area (Å²) in [5.74, 6) is -1.14. The largest absolute Gasteiger partial charge is 0.473 e. The van der Waals surface area contributed by atoms with Crippen LogP contribution in [0.5, 0.6) is 17.4 Å². The maximum atomic E-state index is 14.5. The summed E-state index contributed by atoms with van der Waals surface area (Å²) >= 11 is 0. The van der Waals surface area contributed by atoms with E-state index in [-0.39, 0.29) is 29.8 Å². The molecule has 4 heterocycles. The molecule has 0 bridgehead atoms. The maximum Gasteiger partial charge on any atom is 0.352 e. The molecule has 2 aromatic heterocycles. The Bertz CT molecular complexity index is 1200. The van der Waals surface area contributed by atoms with E-state index in [2.05, 4.69) is 26.9 Å². The third kappa shape index (κ3) is 3.79. The summed E-state index contributed by atoms with van der Waals surface area (Å²) in [6.07, 6.45) is 2.86. The minimum Gasteiger partial charge on any atom is -0.473 e. The standard InChI is InChI=1S/C21H22F2N6O3/c1-26-3-4-28-14(9-26)10-29-19(28)7-18(25-21(29)30)31-12-13-5-16(22)20(17(23)6-13)32-15-8-24-27(2)11-15/h5-8,11,14H,3-4,9-10,12H2,1-2H3. The number of aromatic nitrogens is 4. The van der Waals surface area contributed by atoms with E-state index in [4.69, 9.17) is 9.47 Å². The average molecular weight is 444 g/mol. The summed E-state index contributed by atoms with van der Waals surface area (Å²) in [7, 11) is 3.73. The molecule has 0 saturated carbocycles. The molecule has 0 aliphatic carbocycles. The average Bonchev–Trinajstić information content (AvgIpc) is 3.32. The van der Waals surface area contributed by atoms with E-state index in [1.807, 2.05) is 0 Å². The van der Waals surface area contributed by atoms with Gasteiger partial charge in [-0.25, -0.2) is 13.6 Å². The van der Waals surface area contributed by atoms with E-state index in [9.17, 15) is 13.6 Å². The van der Waals surface area contributed by atoms with E-state index in [0.29, 0.717) is 6.54 Å². The zero-order chi connectivity index (χ0) is 22.4. The lowest BCUT2D eigenvalue weighted by atomic mass is 10.2. The molecule has 2 aliphatic rings. The number of benzene rings is 1. The summed E-state index contributed by atoms with van der Waals surface area (Å²) in [6, 6.07) is 4.19. The highest BCUT2D eigenvalue weighted by molar-refractivity contribution is 5.47. The first-order valence-electron chi connectivity index (χ1n) is 10.2. The third-order valence-corrected chi connectivity index (χ3v) is 5.69. The summed E-state index contributed by atoms with van der Waals surface area (Å²) in [5.41, 5.74) is -0.148. The van der Waals surface area contributed by atoms with Crippen LogP contribution >= 0.6 is 0 Å². The molecule has 9 nitrogen and oxygen atoms in total. The lowest BCUT2D eigenvalue weighted by molar-refractivity contribution is 0.268. The topological polar surface area (TPSA) is 77.7 Å². The van der Waals surface area contributed by atoms with Crippen molar-refractivity contribution in [2.75, 3.05) is 31.6 Å². The molecule has 3 aromatic rings. The molecule has 0 N–H and O–H groups in total. The second-order valence-electron chi connectivity index (χ2n) is 8.08. The monoisotopic (exact) mass is 444 g/mol. The quantitative estimate of drug-likeness (QED) is 0.594. The highest BCUT2D eigenvalue weighted by Crippen LogP contribution is 2.30. The first kappa shape index (κ1) is 20.4. The normalized spacial score (nSPS) is 17.9. The Morgan fingerprint density at radius 2 is 1.91 bits per heavy atom. The fourth-order valence-corrected chi connectivity index (χ4v) is 4.16. The van der Waals surface area contributed by atoms with Crippen molar-refractivity contribution < 1.29 is 18.3 Å². The van der Waals surface area contributed by atoms with Crippen LogP contribution in [0.15, 0.2) is 35.4 Å². The van der Waals surface area contributed by atoms with Crippen LogP contribution in [0, 0.1) is 11.6 Å². The highest BCUT2D eigenvalue weighted by Gasteiger charge is 2.34. The molecule has 1 aromatic carbocycles. The molecule has 0 spiro atoms. The molecule has 1 unspecified atom stereocenters. The molecule has 168 valence electrons. The van der Waals surface area contributed by atoms with Crippen molar-refractivity contribution in [2.45, 2.75) is 19.2 Å². The zero-order valence-corrected chi connectivity index (χ0v) is 17.7. The first-order valence-corrected chi connectivity index (χ1v) is 10.2. The fraction of sp³-hybridized carbons (Fsp3) is 0.381. The number of hydrogen-bond acceptors (Lipinski definition) is 7. The second kappa shape index (κ2) is 7.90. The van der Waals surface area contributed by atoms with Crippen LogP contribution in [0.4, 0.5) is 14.6 Å². The number of halogens is 2. The number of aryl methyl sites for hydroxylation is 1. The van der Waals surface area contributed by atoms with E-state index >= 15 is 0 Å². The molecule has 5 rings (SSSR count). The third-order valence-electron chi connectivity index (χ3n) is 5.69. The van der Waals surface area contributed by atoms with Crippen LogP contribution in [0.2, 0.25) is 0 Å². The SMILES string of the molecule is CN1CCN2c3cc(OCc4cc(F)c(Oc5cnn(C)c5)c(F)c4)nc(=O)n3CC2C1. The molecule has 1 fully saturated rings. The molecule has 2 aliphatic heterocycles. The van der Waals surface area contributed by atoms with E-state index in [1.54, 1.807) is 17.7 Å². The molecular weight excluding hydrogens is 422 g/mol. The zero-order valence-electron chi connectivity index (χ0n) is 17.7. The summed E-state index contributed by atoms with van der Waals surface area (Å²) in [6.45, 7) is 3.00. The number of likely N-dealkylation sites (N-methyl/N-ethyl adjacent to an activating group) is 1. The summed E-state index contributed by atoms with van der Waals surface area (Å²) < 4.78 is 42.9. The number of ether oxygens (including phenoxy) is 2. The molecule has 0 radical (unpaired) electrons. The van der Waals surface area contributed by atoms with Crippen molar-refractivity contribution in [1.82, 2.24) is 24.2 Å². The fourth-order valence-electron chi connectivity index (χ4n) is 4.16. The lowest BCUT2D eigenvalue weighted by Gasteiger charge is -2.36. The number of rotatable bonds is 5. The predicted molar refractivity (Wildman–Crippen MR) is 111 cm³/mol. The van der Waals surface area contributed by atoms with Gasteiger partial charge in [0.25, 0.3) is 0 Å². The van der Waals surface area contributed by atoms with Crippen molar-refractivity contribution in [2.24, 2.45) is 7.05 Å². The molecular formula is C21H22F2N6O3. The van der Waals surface area contributed by atoms with Gasteiger partial charge in [0.1, 0.15) is 12.4 Å². The highest BCUT2D eigenvalue weighted by atomic mass is 19.1. The Morgan fingerprint density at radius 3 is 2.62 bits per heavy atom. The number of hydrogen-bond donors (Lipinski definition) is 0. The molecule has 0 amide bonds. The van der Waals surface area contributed by atoms with Crippen LogP contribution in [-0.2, 0) is 20.2 Å². The Morgan fingerprint density at radius 1 is 1.12 bits per heavy atom. The number of fused-ring (bicyclic) bond motifs is 3. The van der Waals surface area contributed by atoms with Crippen molar-refractivity contribution >= 4 is 5.82 Å². The van der Waals surface area contributed by atoms with Gasteiger partial charge in [-0.05, 0) is 24.7 Å². The van der Waals surface area contributed by atoms with E-state index in [1.165, 1.54) is 17.1 Å². The van der Waals surface area contributed by atoms with Crippen molar-refractivity contribution in [1.29, 1.82) is 0 Å². The van der Waals surface area contributed by atoms with Crippen LogP contribution in [0.3, 0.4) is 0 Å². The van der Waals surface area contributed by atoms with Crippen molar-refractivity contribution in [3.8, 4) is 17.4 Å². The molecule has 1 atom stereocenters. The molecule has 11 heteroatoms. The van der Waals surface area contributed by atoms with Crippen LogP contribution in [-0.4, -0.2) is 57.0 Å². The van der Waals surface area contributed by atoms with Crippen LogP contribution in [0.25, 0.3) is 0 Å². The Labute approximate surface area is 182 Å². The lowest BCUT2D eigenvalue weighted by Crippen LogP contribution is -2.50. The predicted octanol–water partition coefficient (Wildman–Crippen LogP) is 1.76. The minimum atomic E-state index is -0.866. The summed E-state index contributed by atoms with van der Waals surface area (Å²) in [5, 5.41) is 3.90. The van der Waals surface area contributed by atoms with Gasteiger partial charge in [0.15, 0.2) is 23.1 Å². The molecule has 1 saturated heterocycles. The van der Waals surface area contributed by atoms with Crippen LogP contribution in [0.1, 0.15) is 5.56 Å².